The fraction of sp³-hybridized carbons (Fsp3) is 0.176. The molecule has 0 amide bonds. The van der Waals surface area contributed by atoms with E-state index in [1.54, 1.807) is 0 Å². The largest absolute Gasteiger partial charge is 0.367 e. The molecule has 1 heterocycles. The Morgan fingerprint density at radius 3 is 2.43 bits per heavy atom. The van der Waals surface area contributed by atoms with Crippen molar-refractivity contribution in [3.63, 3.8) is 0 Å². The van der Waals surface area contributed by atoms with E-state index in [9.17, 15) is 0 Å². The second kappa shape index (κ2) is 5.70. The number of nitrogens with one attached hydrogen (secondary N) is 1. The summed E-state index contributed by atoms with van der Waals surface area (Å²) < 4.78 is 0. The molecule has 0 aliphatic rings. The summed E-state index contributed by atoms with van der Waals surface area (Å²) in [5.74, 6) is 1.48. The van der Waals surface area contributed by atoms with Gasteiger partial charge in [0, 0.05) is 17.0 Å². The molecule has 0 saturated carbocycles. The average Bonchev–Trinajstić information content (AvgIpc) is 2.47. The SMILES string of the molecule is CC(C)Nc1nc(-c2ccccc2Cl)nc2ccccc12. The molecule has 0 saturated heterocycles. The standard InChI is InChI=1S/C17H16ClN3/c1-11(2)19-17-13-8-4-6-10-15(13)20-16(21-17)12-7-3-5-9-14(12)18/h3-11H,1-2H3,(H,19,20,21). The summed E-state index contributed by atoms with van der Waals surface area (Å²) >= 11 is 6.27. The minimum absolute atomic E-state index is 0.294. The Kier molecular flexibility index (Phi) is 3.76. The normalized spacial score (nSPS) is 11.0. The third kappa shape index (κ3) is 2.83. The van der Waals surface area contributed by atoms with Crippen LogP contribution in [0.2, 0.25) is 5.02 Å². The minimum Gasteiger partial charge on any atom is -0.367 e. The van der Waals surface area contributed by atoms with Gasteiger partial charge in [-0.2, -0.15) is 0 Å². The fourth-order valence-corrected chi connectivity index (χ4v) is 2.44. The van der Waals surface area contributed by atoms with Gasteiger partial charge in [-0.3, -0.25) is 0 Å². The Hall–Kier alpha value is -2.13. The van der Waals surface area contributed by atoms with Crippen molar-refractivity contribution in [3.8, 4) is 11.4 Å². The highest BCUT2D eigenvalue weighted by Gasteiger charge is 2.11. The maximum absolute atomic E-state index is 6.27. The molecule has 0 spiro atoms. The molecule has 3 nitrogen and oxygen atoms in total. The zero-order valence-corrected chi connectivity index (χ0v) is 12.7. The molecule has 0 fully saturated rings. The summed E-state index contributed by atoms with van der Waals surface area (Å²) in [4.78, 5) is 9.30. The van der Waals surface area contributed by atoms with Crippen LogP contribution in [0, 0.1) is 0 Å². The van der Waals surface area contributed by atoms with Gasteiger partial charge in [0.25, 0.3) is 0 Å². The highest BCUT2D eigenvalue weighted by Crippen LogP contribution is 2.29. The van der Waals surface area contributed by atoms with Crippen molar-refractivity contribution >= 4 is 28.3 Å². The second-order valence-electron chi connectivity index (χ2n) is 5.19. The number of hydrogen-bond donors (Lipinski definition) is 1. The van der Waals surface area contributed by atoms with Crippen molar-refractivity contribution in [2.75, 3.05) is 5.32 Å². The topological polar surface area (TPSA) is 37.8 Å². The Labute approximate surface area is 129 Å². The Morgan fingerprint density at radius 1 is 0.952 bits per heavy atom. The van der Waals surface area contributed by atoms with Crippen LogP contribution in [0.5, 0.6) is 0 Å². The number of halogens is 1. The van der Waals surface area contributed by atoms with Crippen LogP contribution in [-0.4, -0.2) is 16.0 Å². The number of nitrogens with zero attached hydrogens (tertiary/aromatic N) is 2. The number of para-hydroxylation sites is 1. The summed E-state index contributed by atoms with van der Waals surface area (Å²) in [7, 11) is 0. The van der Waals surface area contributed by atoms with E-state index in [0.29, 0.717) is 16.9 Å². The molecule has 4 heteroatoms. The number of anilines is 1. The van der Waals surface area contributed by atoms with Gasteiger partial charge in [0.1, 0.15) is 5.82 Å². The van der Waals surface area contributed by atoms with Crippen LogP contribution in [0.15, 0.2) is 48.5 Å². The first-order valence-corrected chi connectivity index (χ1v) is 7.31. The Bertz CT molecular complexity index is 784. The molecule has 21 heavy (non-hydrogen) atoms. The first-order chi connectivity index (χ1) is 10.1. The van der Waals surface area contributed by atoms with Gasteiger partial charge >= 0.3 is 0 Å². The third-order valence-electron chi connectivity index (χ3n) is 3.14. The van der Waals surface area contributed by atoms with Gasteiger partial charge in [-0.05, 0) is 38.1 Å². The molecule has 2 aromatic carbocycles. The lowest BCUT2D eigenvalue weighted by atomic mass is 10.1. The summed E-state index contributed by atoms with van der Waals surface area (Å²) in [5.41, 5.74) is 1.75. The van der Waals surface area contributed by atoms with Gasteiger partial charge in [0.15, 0.2) is 5.82 Å². The molecule has 1 aromatic heterocycles. The lowest BCUT2D eigenvalue weighted by Crippen LogP contribution is -2.12. The van der Waals surface area contributed by atoms with E-state index >= 15 is 0 Å². The van der Waals surface area contributed by atoms with Gasteiger partial charge in [-0.25, -0.2) is 9.97 Å². The summed E-state index contributed by atoms with van der Waals surface area (Å²) in [6, 6.07) is 15.9. The summed E-state index contributed by atoms with van der Waals surface area (Å²) in [5, 5.41) is 5.05. The smallest absolute Gasteiger partial charge is 0.163 e. The Morgan fingerprint density at radius 2 is 1.67 bits per heavy atom. The molecular formula is C17H16ClN3. The van der Waals surface area contributed by atoms with Crippen LogP contribution in [0.3, 0.4) is 0 Å². The van der Waals surface area contributed by atoms with Gasteiger partial charge in [-0.15, -0.1) is 0 Å². The van der Waals surface area contributed by atoms with E-state index in [1.165, 1.54) is 0 Å². The fourth-order valence-electron chi connectivity index (χ4n) is 2.22. The van der Waals surface area contributed by atoms with Crippen LogP contribution in [-0.2, 0) is 0 Å². The van der Waals surface area contributed by atoms with Crippen molar-refractivity contribution in [1.29, 1.82) is 0 Å². The number of benzene rings is 2. The number of aromatic nitrogens is 2. The number of fused-ring (bicyclic) bond motifs is 1. The molecule has 1 N–H and O–H groups in total. The van der Waals surface area contributed by atoms with E-state index in [0.717, 1.165) is 22.3 Å². The average molecular weight is 298 g/mol. The predicted molar refractivity (Wildman–Crippen MR) is 88.7 cm³/mol. The Balaban J connectivity index is 2.23. The van der Waals surface area contributed by atoms with Crippen LogP contribution >= 0.6 is 11.6 Å². The van der Waals surface area contributed by atoms with E-state index in [2.05, 4.69) is 29.1 Å². The van der Waals surface area contributed by atoms with Crippen molar-refractivity contribution < 1.29 is 0 Å². The maximum atomic E-state index is 6.27. The summed E-state index contributed by atoms with van der Waals surface area (Å²) in [6.45, 7) is 4.18. The van der Waals surface area contributed by atoms with Gasteiger partial charge in [0.05, 0.1) is 10.5 Å². The highest BCUT2D eigenvalue weighted by atomic mass is 35.5. The van der Waals surface area contributed by atoms with E-state index in [1.807, 2.05) is 48.5 Å². The van der Waals surface area contributed by atoms with Crippen LogP contribution in [0.25, 0.3) is 22.3 Å². The third-order valence-corrected chi connectivity index (χ3v) is 3.47. The molecule has 0 unspecified atom stereocenters. The van der Waals surface area contributed by atoms with Crippen molar-refractivity contribution in [1.82, 2.24) is 9.97 Å². The van der Waals surface area contributed by atoms with Crippen LogP contribution < -0.4 is 5.32 Å². The lowest BCUT2D eigenvalue weighted by Gasteiger charge is -2.13. The molecule has 0 bridgehead atoms. The van der Waals surface area contributed by atoms with Crippen molar-refractivity contribution in [2.45, 2.75) is 19.9 Å². The monoisotopic (exact) mass is 297 g/mol. The van der Waals surface area contributed by atoms with Gasteiger partial charge < -0.3 is 5.32 Å². The number of hydrogen-bond acceptors (Lipinski definition) is 3. The summed E-state index contributed by atoms with van der Waals surface area (Å²) in [6.07, 6.45) is 0. The second-order valence-corrected chi connectivity index (χ2v) is 5.60. The highest BCUT2D eigenvalue weighted by molar-refractivity contribution is 6.33. The van der Waals surface area contributed by atoms with Gasteiger partial charge in [0.2, 0.25) is 0 Å². The molecule has 0 aliphatic carbocycles. The van der Waals surface area contributed by atoms with Crippen molar-refractivity contribution in [2.24, 2.45) is 0 Å². The zero-order valence-electron chi connectivity index (χ0n) is 12.0. The minimum atomic E-state index is 0.294. The molecule has 0 radical (unpaired) electrons. The molecule has 0 atom stereocenters. The number of rotatable bonds is 3. The quantitative estimate of drug-likeness (QED) is 0.756. The molecule has 3 rings (SSSR count). The molecule has 0 aliphatic heterocycles. The molecular weight excluding hydrogens is 282 g/mol. The van der Waals surface area contributed by atoms with E-state index in [4.69, 9.17) is 11.6 Å². The first kappa shape index (κ1) is 13.8. The maximum Gasteiger partial charge on any atom is 0.163 e. The van der Waals surface area contributed by atoms with Crippen LogP contribution in [0.1, 0.15) is 13.8 Å². The van der Waals surface area contributed by atoms with E-state index in [-0.39, 0.29) is 0 Å². The first-order valence-electron chi connectivity index (χ1n) is 6.93. The molecule has 106 valence electrons. The molecule has 3 aromatic rings. The lowest BCUT2D eigenvalue weighted by molar-refractivity contribution is 0.891. The zero-order chi connectivity index (χ0) is 14.8. The van der Waals surface area contributed by atoms with Crippen LogP contribution in [0.4, 0.5) is 5.82 Å². The predicted octanol–water partition coefficient (Wildman–Crippen LogP) is 4.77. The van der Waals surface area contributed by atoms with Crippen molar-refractivity contribution in [3.05, 3.63) is 53.6 Å². The van der Waals surface area contributed by atoms with E-state index < -0.39 is 0 Å². The van der Waals surface area contributed by atoms with Gasteiger partial charge in [-0.1, -0.05) is 35.9 Å².